The van der Waals surface area contributed by atoms with Gasteiger partial charge < -0.3 is 9.51 Å². The lowest BCUT2D eigenvalue weighted by Crippen LogP contribution is -1.90. The van der Waals surface area contributed by atoms with Crippen LogP contribution in [0.2, 0.25) is 0 Å². The molecule has 2 heteroatoms. The van der Waals surface area contributed by atoms with E-state index in [1.165, 1.54) is 38.5 Å². The highest BCUT2D eigenvalue weighted by Crippen LogP contribution is 2.36. The van der Waals surface area contributed by atoms with Gasteiger partial charge in [-0.25, -0.2) is 0 Å². The van der Waals surface area contributed by atoms with Crippen LogP contribution in [-0.2, 0) is 6.42 Å². The summed E-state index contributed by atoms with van der Waals surface area (Å²) in [7, 11) is 0. The van der Waals surface area contributed by atoms with Crippen LogP contribution in [0.15, 0.2) is 79.3 Å². The number of nitrogens with zero attached hydrogens (tertiary/aromatic N) is 1. The Hall–Kier alpha value is -3.00. The van der Waals surface area contributed by atoms with Crippen LogP contribution >= 0.6 is 0 Å². The highest BCUT2D eigenvalue weighted by molar-refractivity contribution is 6.04. The molecule has 0 spiro atoms. The average Bonchev–Trinajstić information content (AvgIpc) is 3.05. The molecule has 2 heterocycles. The first-order valence-electron chi connectivity index (χ1n) is 9.10. The van der Waals surface area contributed by atoms with Crippen LogP contribution in [0, 0.1) is 0 Å². The van der Waals surface area contributed by atoms with E-state index in [2.05, 4.69) is 85.2 Å². The van der Waals surface area contributed by atoms with Crippen molar-refractivity contribution in [1.82, 2.24) is 4.40 Å². The Labute approximate surface area is 154 Å². The summed E-state index contributed by atoms with van der Waals surface area (Å²) in [6.07, 6.45) is 7.94. The summed E-state index contributed by atoms with van der Waals surface area (Å²) in [5.74, 6) is 0.487. The minimum absolute atomic E-state index is 0.487. The highest BCUT2D eigenvalue weighted by Gasteiger charge is 2.15. The summed E-state index contributed by atoms with van der Waals surface area (Å²) in [6, 6.07) is 19.5. The van der Waals surface area contributed by atoms with Crippen molar-refractivity contribution in [2.24, 2.45) is 0 Å². The Bertz CT molecular complexity index is 1100. The van der Waals surface area contributed by atoms with Crippen molar-refractivity contribution in [1.29, 1.82) is 0 Å². The lowest BCUT2D eigenvalue weighted by atomic mass is 9.94. The van der Waals surface area contributed by atoms with Gasteiger partial charge in [0.15, 0.2) is 0 Å². The zero-order valence-corrected chi connectivity index (χ0v) is 15.2. The second-order valence-electron chi connectivity index (χ2n) is 7.06. The predicted octanol–water partition coefficient (Wildman–Crippen LogP) is 6.50. The fraction of sp³-hybridized carbons (Fsp3) is 0.167. The smallest absolute Gasteiger partial charge is 0.0755 e. The largest absolute Gasteiger partial charge is 0.516 e. The molecule has 0 aliphatic carbocycles. The standard InChI is InChI=1S/C24H23NO/c1-17(2)19-8-5-9-20(15-19)23-21(10-6-14-26)16-25-13-12-18-7-3-4-11-22(18)24(23)25/h3-9,11-17,26H,10H2,1-2H3. The molecule has 0 aliphatic rings. The SMILES string of the molecule is CC(C)c1cccc(-c2c(CC=CO)cn3ccc4ccccc4c23)c1. The normalized spacial score (nSPS) is 12.0. The fourth-order valence-corrected chi connectivity index (χ4v) is 3.70. The van der Waals surface area contributed by atoms with Crippen LogP contribution in [0.25, 0.3) is 27.4 Å². The van der Waals surface area contributed by atoms with E-state index in [-0.39, 0.29) is 0 Å². The van der Waals surface area contributed by atoms with Crippen molar-refractivity contribution in [2.45, 2.75) is 26.2 Å². The number of aliphatic hydroxyl groups is 1. The molecule has 0 saturated carbocycles. The Morgan fingerprint density at radius 2 is 1.88 bits per heavy atom. The quantitative estimate of drug-likeness (QED) is 0.421. The third-order valence-electron chi connectivity index (χ3n) is 5.03. The molecule has 0 amide bonds. The molecule has 2 aromatic carbocycles. The number of hydrogen-bond acceptors (Lipinski definition) is 1. The van der Waals surface area contributed by atoms with E-state index in [0.29, 0.717) is 12.3 Å². The van der Waals surface area contributed by atoms with Gasteiger partial charge in [0.1, 0.15) is 0 Å². The molecular weight excluding hydrogens is 318 g/mol. The second kappa shape index (κ2) is 6.72. The van der Waals surface area contributed by atoms with E-state index in [0.717, 1.165) is 6.26 Å². The van der Waals surface area contributed by atoms with Crippen molar-refractivity contribution in [3.05, 3.63) is 90.5 Å². The number of fused-ring (bicyclic) bond motifs is 3. The lowest BCUT2D eigenvalue weighted by Gasteiger charge is -2.11. The minimum atomic E-state index is 0.487. The first-order valence-corrected chi connectivity index (χ1v) is 9.10. The van der Waals surface area contributed by atoms with Crippen LogP contribution in [-0.4, -0.2) is 9.51 Å². The molecule has 130 valence electrons. The van der Waals surface area contributed by atoms with E-state index in [1.807, 2.05) is 0 Å². The van der Waals surface area contributed by atoms with Gasteiger partial charge in [0.2, 0.25) is 0 Å². The number of hydrogen-bond donors (Lipinski definition) is 1. The van der Waals surface area contributed by atoms with Gasteiger partial charge in [-0.2, -0.15) is 0 Å². The average molecular weight is 341 g/mol. The van der Waals surface area contributed by atoms with Crippen LogP contribution in [0.4, 0.5) is 0 Å². The van der Waals surface area contributed by atoms with E-state index in [9.17, 15) is 0 Å². The first kappa shape index (κ1) is 16.5. The van der Waals surface area contributed by atoms with Gasteiger partial charge >= 0.3 is 0 Å². The number of aromatic nitrogens is 1. The van der Waals surface area contributed by atoms with Gasteiger partial charge in [0.05, 0.1) is 11.8 Å². The van der Waals surface area contributed by atoms with Crippen molar-refractivity contribution in [3.63, 3.8) is 0 Å². The van der Waals surface area contributed by atoms with E-state index >= 15 is 0 Å². The summed E-state index contributed by atoms with van der Waals surface area (Å²) in [4.78, 5) is 0. The Morgan fingerprint density at radius 1 is 1.04 bits per heavy atom. The van der Waals surface area contributed by atoms with Gasteiger partial charge in [-0.3, -0.25) is 0 Å². The first-order chi connectivity index (χ1) is 12.7. The van der Waals surface area contributed by atoms with Crippen LogP contribution in [0.1, 0.15) is 30.9 Å². The van der Waals surface area contributed by atoms with Gasteiger partial charge in [0, 0.05) is 23.3 Å². The fourth-order valence-electron chi connectivity index (χ4n) is 3.70. The van der Waals surface area contributed by atoms with Gasteiger partial charge in [-0.15, -0.1) is 0 Å². The summed E-state index contributed by atoms with van der Waals surface area (Å²) in [5, 5.41) is 11.7. The van der Waals surface area contributed by atoms with Crippen LogP contribution < -0.4 is 0 Å². The molecule has 4 aromatic rings. The molecule has 1 N–H and O–H groups in total. The molecule has 26 heavy (non-hydrogen) atoms. The maximum Gasteiger partial charge on any atom is 0.0755 e. The maximum atomic E-state index is 9.17. The van der Waals surface area contributed by atoms with E-state index in [1.54, 1.807) is 6.08 Å². The Kier molecular flexibility index (Phi) is 4.26. The summed E-state index contributed by atoms with van der Waals surface area (Å²) >= 11 is 0. The highest BCUT2D eigenvalue weighted by atomic mass is 16.2. The third-order valence-corrected chi connectivity index (χ3v) is 5.03. The predicted molar refractivity (Wildman–Crippen MR) is 110 cm³/mol. The van der Waals surface area contributed by atoms with Crippen molar-refractivity contribution in [3.8, 4) is 11.1 Å². The molecule has 0 atom stereocenters. The lowest BCUT2D eigenvalue weighted by molar-refractivity contribution is 0.471. The van der Waals surface area contributed by atoms with Gasteiger partial charge in [0.25, 0.3) is 0 Å². The van der Waals surface area contributed by atoms with Crippen LogP contribution in [0.5, 0.6) is 0 Å². The Balaban J connectivity index is 2.07. The molecule has 0 saturated heterocycles. The number of pyridine rings is 1. The number of aliphatic hydroxyl groups excluding tert-OH is 1. The van der Waals surface area contributed by atoms with Crippen molar-refractivity contribution < 1.29 is 5.11 Å². The number of rotatable bonds is 4. The monoisotopic (exact) mass is 341 g/mol. The third kappa shape index (κ3) is 2.78. The number of benzene rings is 2. The van der Waals surface area contributed by atoms with E-state index in [4.69, 9.17) is 5.11 Å². The molecule has 2 nitrogen and oxygen atoms in total. The van der Waals surface area contributed by atoms with Crippen LogP contribution in [0.3, 0.4) is 0 Å². The minimum Gasteiger partial charge on any atom is -0.516 e. The molecule has 0 unspecified atom stereocenters. The summed E-state index contributed by atoms with van der Waals surface area (Å²) in [5.41, 5.74) is 6.27. The van der Waals surface area contributed by atoms with Crippen molar-refractivity contribution in [2.75, 3.05) is 0 Å². The molecule has 4 rings (SSSR count). The molecule has 0 fully saturated rings. The zero-order valence-electron chi connectivity index (χ0n) is 15.2. The summed E-state index contributed by atoms with van der Waals surface area (Å²) in [6.45, 7) is 4.45. The van der Waals surface area contributed by atoms with Gasteiger partial charge in [-0.05, 0) is 46.6 Å². The second-order valence-corrected chi connectivity index (χ2v) is 7.06. The van der Waals surface area contributed by atoms with E-state index < -0.39 is 0 Å². The van der Waals surface area contributed by atoms with Crippen molar-refractivity contribution >= 4 is 16.3 Å². The number of allylic oxidation sites excluding steroid dienone is 1. The summed E-state index contributed by atoms with van der Waals surface area (Å²) < 4.78 is 2.21. The molecule has 0 radical (unpaired) electrons. The molecule has 0 aliphatic heterocycles. The topological polar surface area (TPSA) is 24.6 Å². The Morgan fingerprint density at radius 3 is 2.69 bits per heavy atom. The molecule has 2 aromatic heterocycles. The maximum absolute atomic E-state index is 9.17. The molecule has 0 bridgehead atoms. The molecular formula is C24H23NO. The zero-order chi connectivity index (χ0) is 18.1. The van der Waals surface area contributed by atoms with Gasteiger partial charge in [-0.1, -0.05) is 62.4 Å².